The molecule has 0 unspecified atom stereocenters. The lowest BCUT2D eigenvalue weighted by Crippen LogP contribution is -2.41. The van der Waals surface area contributed by atoms with Gasteiger partial charge in [-0.15, -0.1) is 0 Å². The molecule has 0 spiro atoms. The van der Waals surface area contributed by atoms with E-state index in [0.29, 0.717) is 5.69 Å². The number of carbonyl (C=O) groups is 1. The number of para-hydroxylation sites is 1. The van der Waals surface area contributed by atoms with E-state index in [2.05, 4.69) is 10.6 Å². The van der Waals surface area contributed by atoms with Gasteiger partial charge in [-0.2, -0.15) is 0 Å². The minimum Gasteiger partial charge on any atom is -0.332 e. The summed E-state index contributed by atoms with van der Waals surface area (Å²) in [4.78, 5) is 11.3. The number of amides is 2. The summed E-state index contributed by atoms with van der Waals surface area (Å²) < 4.78 is 26.4. The summed E-state index contributed by atoms with van der Waals surface area (Å²) in [6, 6.07) is 8.03. The molecule has 0 aliphatic carbocycles. The molecule has 0 fully saturated rings. The SMILES string of the molecule is CC(C)C(F)(F)CNC(=O)Nc1ccccc1. The summed E-state index contributed by atoms with van der Waals surface area (Å²) in [6.07, 6.45) is 0. The van der Waals surface area contributed by atoms with Gasteiger partial charge in [0.1, 0.15) is 0 Å². The Morgan fingerprint density at radius 3 is 2.41 bits per heavy atom. The van der Waals surface area contributed by atoms with E-state index in [4.69, 9.17) is 0 Å². The number of halogens is 2. The fourth-order valence-electron chi connectivity index (χ4n) is 1.10. The fourth-order valence-corrected chi connectivity index (χ4v) is 1.10. The van der Waals surface area contributed by atoms with Crippen molar-refractivity contribution in [1.82, 2.24) is 5.32 Å². The van der Waals surface area contributed by atoms with Gasteiger partial charge < -0.3 is 10.6 Å². The van der Waals surface area contributed by atoms with Crippen molar-refractivity contribution in [2.45, 2.75) is 19.8 Å². The van der Waals surface area contributed by atoms with Crippen molar-refractivity contribution in [2.24, 2.45) is 5.92 Å². The number of carbonyl (C=O) groups excluding carboxylic acids is 1. The van der Waals surface area contributed by atoms with E-state index in [0.717, 1.165) is 0 Å². The van der Waals surface area contributed by atoms with Crippen LogP contribution >= 0.6 is 0 Å². The lowest BCUT2D eigenvalue weighted by molar-refractivity contribution is -0.0399. The van der Waals surface area contributed by atoms with Gasteiger partial charge >= 0.3 is 6.03 Å². The molecule has 0 heterocycles. The monoisotopic (exact) mass is 242 g/mol. The number of alkyl halides is 2. The molecule has 1 aromatic rings. The Hall–Kier alpha value is -1.65. The van der Waals surface area contributed by atoms with Crippen molar-refractivity contribution in [1.29, 1.82) is 0 Å². The van der Waals surface area contributed by atoms with Crippen LogP contribution in [0.15, 0.2) is 30.3 Å². The van der Waals surface area contributed by atoms with Crippen LogP contribution in [0.25, 0.3) is 0 Å². The number of rotatable bonds is 4. The van der Waals surface area contributed by atoms with Gasteiger partial charge in [0.25, 0.3) is 5.92 Å². The maximum Gasteiger partial charge on any atom is 0.319 e. The van der Waals surface area contributed by atoms with Gasteiger partial charge in [0.2, 0.25) is 0 Å². The second kappa shape index (κ2) is 5.61. The number of hydrogen-bond donors (Lipinski definition) is 2. The molecule has 0 saturated carbocycles. The van der Waals surface area contributed by atoms with Crippen LogP contribution in [0.1, 0.15) is 13.8 Å². The van der Waals surface area contributed by atoms with Crippen molar-refractivity contribution in [3.05, 3.63) is 30.3 Å². The fraction of sp³-hybridized carbons (Fsp3) is 0.417. The smallest absolute Gasteiger partial charge is 0.319 e. The summed E-state index contributed by atoms with van der Waals surface area (Å²) in [7, 11) is 0. The Balaban J connectivity index is 2.41. The average Bonchev–Trinajstić information content (AvgIpc) is 2.28. The molecule has 0 atom stereocenters. The molecule has 0 radical (unpaired) electrons. The van der Waals surface area contributed by atoms with Crippen LogP contribution in [-0.4, -0.2) is 18.5 Å². The third-order valence-corrected chi connectivity index (χ3v) is 2.36. The summed E-state index contributed by atoms with van der Waals surface area (Å²) in [6.45, 7) is 2.16. The molecule has 0 bridgehead atoms. The van der Waals surface area contributed by atoms with Gasteiger partial charge in [0, 0.05) is 11.6 Å². The summed E-state index contributed by atoms with van der Waals surface area (Å²) in [5, 5.41) is 4.62. The van der Waals surface area contributed by atoms with E-state index in [1.165, 1.54) is 13.8 Å². The Morgan fingerprint density at radius 1 is 1.29 bits per heavy atom. The highest BCUT2D eigenvalue weighted by atomic mass is 19.3. The van der Waals surface area contributed by atoms with Gasteiger partial charge in [-0.25, -0.2) is 13.6 Å². The van der Waals surface area contributed by atoms with E-state index in [-0.39, 0.29) is 0 Å². The molecule has 2 amide bonds. The predicted molar refractivity (Wildman–Crippen MR) is 63.2 cm³/mol. The highest BCUT2D eigenvalue weighted by molar-refractivity contribution is 5.89. The number of nitrogens with one attached hydrogen (secondary N) is 2. The number of urea groups is 1. The standard InChI is InChI=1S/C12H16F2N2O/c1-9(2)12(13,14)8-15-11(17)16-10-6-4-3-5-7-10/h3-7,9H,8H2,1-2H3,(H2,15,16,17). The Labute approximate surface area is 99.2 Å². The topological polar surface area (TPSA) is 41.1 Å². The molecule has 0 aliphatic heterocycles. The molecule has 5 heteroatoms. The van der Waals surface area contributed by atoms with Crippen LogP contribution in [-0.2, 0) is 0 Å². The summed E-state index contributed by atoms with van der Waals surface area (Å²) >= 11 is 0. The number of anilines is 1. The van der Waals surface area contributed by atoms with Crippen LogP contribution in [0.5, 0.6) is 0 Å². The van der Waals surface area contributed by atoms with E-state index in [1.807, 2.05) is 0 Å². The lowest BCUT2D eigenvalue weighted by atomic mass is 10.1. The van der Waals surface area contributed by atoms with Crippen LogP contribution in [0.2, 0.25) is 0 Å². The normalized spacial score (nSPS) is 11.4. The molecule has 17 heavy (non-hydrogen) atoms. The van der Waals surface area contributed by atoms with Gasteiger partial charge in [-0.05, 0) is 12.1 Å². The Morgan fingerprint density at radius 2 is 1.88 bits per heavy atom. The first-order valence-electron chi connectivity index (χ1n) is 5.39. The zero-order valence-corrected chi connectivity index (χ0v) is 9.84. The third-order valence-electron chi connectivity index (χ3n) is 2.36. The molecule has 0 saturated heterocycles. The van der Waals surface area contributed by atoms with Crippen molar-refractivity contribution >= 4 is 11.7 Å². The average molecular weight is 242 g/mol. The molecule has 2 N–H and O–H groups in total. The minimum absolute atomic E-state index is 0.567. The molecule has 0 aromatic heterocycles. The molecule has 94 valence electrons. The van der Waals surface area contributed by atoms with Gasteiger partial charge in [0.15, 0.2) is 0 Å². The van der Waals surface area contributed by atoms with E-state index in [1.54, 1.807) is 30.3 Å². The quantitative estimate of drug-likeness (QED) is 0.836. The van der Waals surface area contributed by atoms with E-state index < -0.39 is 24.4 Å². The molecule has 1 aromatic carbocycles. The molecular formula is C12H16F2N2O. The van der Waals surface area contributed by atoms with Crippen LogP contribution in [0, 0.1) is 5.92 Å². The Bertz CT molecular complexity index is 366. The van der Waals surface area contributed by atoms with Crippen molar-refractivity contribution < 1.29 is 13.6 Å². The number of hydrogen-bond acceptors (Lipinski definition) is 1. The second-order valence-electron chi connectivity index (χ2n) is 4.09. The van der Waals surface area contributed by atoms with Crippen LogP contribution < -0.4 is 10.6 Å². The maximum atomic E-state index is 13.2. The maximum absolute atomic E-state index is 13.2. The van der Waals surface area contributed by atoms with Crippen LogP contribution in [0.4, 0.5) is 19.3 Å². The van der Waals surface area contributed by atoms with E-state index in [9.17, 15) is 13.6 Å². The predicted octanol–water partition coefficient (Wildman–Crippen LogP) is 3.10. The zero-order valence-electron chi connectivity index (χ0n) is 9.84. The highest BCUT2D eigenvalue weighted by Crippen LogP contribution is 2.22. The first kappa shape index (κ1) is 13.4. The molecular weight excluding hydrogens is 226 g/mol. The molecule has 3 nitrogen and oxygen atoms in total. The zero-order chi connectivity index (χ0) is 12.9. The van der Waals surface area contributed by atoms with Crippen LogP contribution in [0.3, 0.4) is 0 Å². The minimum atomic E-state index is -2.89. The largest absolute Gasteiger partial charge is 0.332 e. The Kier molecular flexibility index (Phi) is 4.43. The summed E-state index contributed by atoms with van der Waals surface area (Å²) in [5.74, 6) is -3.70. The van der Waals surface area contributed by atoms with E-state index >= 15 is 0 Å². The van der Waals surface area contributed by atoms with Gasteiger partial charge in [-0.1, -0.05) is 32.0 Å². The van der Waals surface area contributed by atoms with Gasteiger partial charge in [-0.3, -0.25) is 0 Å². The van der Waals surface area contributed by atoms with Crippen molar-refractivity contribution in [3.8, 4) is 0 Å². The highest BCUT2D eigenvalue weighted by Gasteiger charge is 2.33. The number of benzene rings is 1. The van der Waals surface area contributed by atoms with Crippen molar-refractivity contribution in [2.75, 3.05) is 11.9 Å². The molecule has 0 aliphatic rings. The van der Waals surface area contributed by atoms with Gasteiger partial charge in [0.05, 0.1) is 6.54 Å². The molecule has 1 rings (SSSR count). The third kappa shape index (κ3) is 4.38. The van der Waals surface area contributed by atoms with Crippen molar-refractivity contribution in [3.63, 3.8) is 0 Å². The lowest BCUT2D eigenvalue weighted by Gasteiger charge is -2.20. The summed E-state index contributed by atoms with van der Waals surface area (Å²) in [5.41, 5.74) is 0.567. The first-order chi connectivity index (χ1) is 7.92. The first-order valence-corrected chi connectivity index (χ1v) is 5.39. The second-order valence-corrected chi connectivity index (χ2v) is 4.09.